The SMILES string of the molecule is CCC(=O)NCC(=O)NC(CC(N)=O)C(=O)Nc1ccc(COC(=O)N(C)CCN(C)C(C)=O)cc1. The molecular formula is C23H34N6O7. The van der Waals surface area contributed by atoms with Crippen LogP contribution in [0.15, 0.2) is 24.3 Å². The predicted molar refractivity (Wildman–Crippen MR) is 130 cm³/mol. The first-order chi connectivity index (χ1) is 16.9. The summed E-state index contributed by atoms with van der Waals surface area (Å²) in [5, 5.41) is 7.33. The van der Waals surface area contributed by atoms with Crippen LogP contribution < -0.4 is 21.7 Å². The van der Waals surface area contributed by atoms with Gasteiger partial charge in [-0.25, -0.2) is 4.79 Å². The van der Waals surface area contributed by atoms with Crippen molar-refractivity contribution in [2.24, 2.45) is 5.73 Å². The summed E-state index contributed by atoms with van der Waals surface area (Å²) in [6, 6.07) is 5.17. The van der Waals surface area contributed by atoms with Crippen molar-refractivity contribution < 1.29 is 33.5 Å². The van der Waals surface area contributed by atoms with Crippen molar-refractivity contribution in [1.29, 1.82) is 0 Å². The summed E-state index contributed by atoms with van der Waals surface area (Å²) in [6.07, 6.45) is -0.781. The first-order valence-corrected chi connectivity index (χ1v) is 11.3. The quantitative estimate of drug-likeness (QED) is 0.280. The van der Waals surface area contributed by atoms with Crippen LogP contribution in [0.25, 0.3) is 0 Å². The number of ether oxygens (including phenoxy) is 1. The van der Waals surface area contributed by atoms with Crippen molar-refractivity contribution in [1.82, 2.24) is 20.4 Å². The maximum atomic E-state index is 12.6. The molecule has 0 saturated heterocycles. The highest BCUT2D eigenvalue weighted by molar-refractivity contribution is 6.00. The molecule has 1 aromatic carbocycles. The number of primary amides is 1. The Labute approximate surface area is 209 Å². The number of anilines is 1. The van der Waals surface area contributed by atoms with E-state index in [0.29, 0.717) is 24.3 Å². The number of rotatable bonds is 13. The van der Waals surface area contributed by atoms with E-state index in [4.69, 9.17) is 10.5 Å². The summed E-state index contributed by atoms with van der Waals surface area (Å²) < 4.78 is 5.24. The summed E-state index contributed by atoms with van der Waals surface area (Å²) in [5.74, 6) is -2.54. The molecule has 0 aliphatic heterocycles. The number of likely N-dealkylation sites (N-methyl/N-ethyl adjacent to an activating group) is 2. The molecule has 5 N–H and O–H groups in total. The van der Waals surface area contributed by atoms with E-state index in [-0.39, 0.29) is 31.4 Å². The summed E-state index contributed by atoms with van der Waals surface area (Å²) >= 11 is 0. The van der Waals surface area contributed by atoms with Crippen molar-refractivity contribution in [3.05, 3.63) is 29.8 Å². The Bertz CT molecular complexity index is 951. The molecule has 13 heteroatoms. The number of nitrogens with zero attached hydrogens (tertiary/aromatic N) is 2. The molecule has 0 fully saturated rings. The Balaban J connectivity index is 2.61. The van der Waals surface area contributed by atoms with Gasteiger partial charge in [-0.2, -0.15) is 0 Å². The van der Waals surface area contributed by atoms with Crippen molar-refractivity contribution in [3.63, 3.8) is 0 Å². The summed E-state index contributed by atoms with van der Waals surface area (Å²) in [6.45, 7) is 3.40. The Morgan fingerprint density at radius 1 is 0.972 bits per heavy atom. The number of carbonyl (C=O) groups excluding carboxylic acids is 6. The average molecular weight is 507 g/mol. The number of carbonyl (C=O) groups is 6. The minimum absolute atomic E-state index is 0.0101. The zero-order chi connectivity index (χ0) is 27.3. The standard InChI is InChI=1S/C23H34N6O7/c1-5-20(32)25-13-21(33)27-18(12-19(24)31)22(34)26-17-8-6-16(7-9-17)14-36-23(35)29(4)11-10-28(3)15(2)30/h6-9,18H,5,10-14H2,1-4H3,(H2,24,31)(H,25,32)(H,26,34)(H,27,33). The van der Waals surface area contributed by atoms with E-state index in [2.05, 4.69) is 16.0 Å². The highest BCUT2D eigenvalue weighted by atomic mass is 16.6. The van der Waals surface area contributed by atoms with Gasteiger partial charge < -0.3 is 36.2 Å². The molecule has 1 aromatic rings. The molecule has 1 rings (SSSR count). The molecule has 0 saturated carbocycles. The zero-order valence-corrected chi connectivity index (χ0v) is 21.0. The minimum atomic E-state index is -1.23. The number of amides is 6. The van der Waals surface area contributed by atoms with Crippen LogP contribution in [-0.2, 0) is 35.3 Å². The second-order valence-electron chi connectivity index (χ2n) is 8.02. The van der Waals surface area contributed by atoms with Gasteiger partial charge >= 0.3 is 6.09 Å². The lowest BCUT2D eigenvalue weighted by Crippen LogP contribution is -2.49. The molecule has 198 valence electrons. The molecule has 0 bridgehead atoms. The lowest BCUT2D eigenvalue weighted by Gasteiger charge is -2.21. The van der Waals surface area contributed by atoms with Gasteiger partial charge in [-0.1, -0.05) is 19.1 Å². The van der Waals surface area contributed by atoms with Gasteiger partial charge in [-0.05, 0) is 17.7 Å². The zero-order valence-electron chi connectivity index (χ0n) is 21.0. The smallest absolute Gasteiger partial charge is 0.409 e. The van der Waals surface area contributed by atoms with E-state index >= 15 is 0 Å². The lowest BCUT2D eigenvalue weighted by molar-refractivity contribution is -0.129. The van der Waals surface area contributed by atoms with Crippen molar-refractivity contribution in [3.8, 4) is 0 Å². The van der Waals surface area contributed by atoms with Gasteiger partial charge in [-0.15, -0.1) is 0 Å². The van der Waals surface area contributed by atoms with Crippen LogP contribution in [0.5, 0.6) is 0 Å². The van der Waals surface area contributed by atoms with Crippen LogP contribution in [0.4, 0.5) is 10.5 Å². The van der Waals surface area contributed by atoms with E-state index < -0.39 is 36.3 Å². The fourth-order valence-electron chi connectivity index (χ4n) is 2.68. The molecule has 1 atom stereocenters. The van der Waals surface area contributed by atoms with Crippen LogP contribution in [0.1, 0.15) is 32.3 Å². The Morgan fingerprint density at radius 3 is 2.14 bits per heavy atom. The van der Waals surface area contributed by atoms with E-state index in [1.807, 2.05) is 0 Å². The molecule has 0 aromatic heterocycles. The fourth-order valence-corrected chi connectivity index (χ4v) is 2.68. The van der Waals surface area contributed by atoms with Crippen molar-refractivity contribution in [2.45, 2.75) is 39.3 Å². The Hall–Kier alpha value is -4.16. The number of hydrogen-bond donors (Lipinski definition) is 4. The van der Waals surface area contributed by atoms with E-state index in [1.54, 1.807) is 45.3 Å². The highest BCUT2D eigenvalue weighted by Crippen LogP contribution is 2.12. The van der Waals surface area contributed by atoms with Crippen LogP contribution >= 0.6 is 0 Å². The molecule has 6 amide bonds. The van der Waals surface area contributed by atoms with Gasteiger partial charge in [0, 0.05) is 46.2 Å². The number of hydrogen-bond acceptors (Lipinski definition) is 7. The number of benzene rings is 1. The van der Waals surface area contributed by atoms with Gasteiger partial charge in [0.25, 0.3) is 0 Å². The van der Waals surface area contributed by atoms with Crippen LogP contribution in [0.3, 0.4) is 0 Å². The molecule has 1 unspecified atom stereocenters. The molecule has 0 aliphatic carbocycles. The highest BCUT2D eigenvalue weighted by Gasteiger charge is 2.23. The first kappa shape index (κ1) is 29.9. The molecule has 13 nitrogen and oxygen atoms in total. The van der Waals surface area contributed by atoms with Gasteiger partial charge in [0.1, 0.15) is 12.6 Å². The van der Waals surface area contributed by atoms with Crippen LogP contribution in [0.2, 0.25) is 0 Å². The Morgan fingerprint density at radius 2 is 1.58 bits per heavy atom. The number of nitrogens with two attached hydrogens (primary N) is 1. The first-order valence-electron chi connectivity index (χ1n) is 11.3. The van der Waals surface area contributed by atoms with E-state index in [1.165, 1.54) is 16.7 Å². The van der Waals surface area contributed by atoms with Gasteiger partial charge in [-0.3, -0.25) is 24.0 Å². The maximum Gasteiger partial charge on any atom is 0.409 e. The average Bonchev–Trinajstić information content (AvgIpc) is 2.83. The third kappa shape index (κ3) is 11.3. The Kier molecular flexibility index (Phi) is 12.4. The van der Waals surface area contributed by atoms with E-state index in [9.17, 15) is 28.8 Å². The summed E-state index contributed by atoms with van der Waals surface area (Å²) in [4.78, 5) is 73.4. The molecular weight excluding hydrogens is 472 g/mol. The second-order valence-corrected chi connectivity index (χ2v) is 8.02. The molecule has 0 aliphatic rings. The second kappa shape index (κ2) is 15.0. The third-order valence-corrected chi connectivity index (χ3v) is 5.03. The predicted octanol–water partition coefficient (Wildman–Crippen LogP) is -0.442. The molecule has 36 heavy (non-hydrogen) atoms. The van der Waals surface area contributed by atoms with Crippen molar-refractivity contribution >= 4 is 41.3 Å². The fraction of sp³-hybridized carbons (Fsp3) is 0.478. The van der Waals surface area contributed by atoms with E-state index in [0.717, 1.165) is 0 Å². The lowest BCUT2D eigenvalue weighted by atomic mass is 10.1. The van der Waals surface area contributed by atoms with Crippen LogP contribution in [0, 0.1) is 0 Å². The topological polar surface area (TPSA) is 180 Å². The maximum absolute atomic E-state index is 12.6. The summed E-state index contributed by atoms with van der Waals surface area (Å²) in [7, 11) is 3.20. The van der Waals surface area contributed by atoms with Crippen LogP contribution in [-0.4, -0.2) is 85.2 Å². The number of nitrogens with one attached hydrogen (secondary N) is 3. The molecule has 0 heterocycles. The third-order valence-electron chi connectivity index (χ3n) is 5.03. The van der Waals surface area contributed by atoms with Gasteiger partial charge in [0.15, 0.2) is 0 Å². The van der Waals surface area contributed by atoms with Crippen molar-refractivity contribution in [2.75, 3.05) is 39.0 Å². The largest absolute Gasteiger partial charge is 0.445 e. The summed E-state index contributed by atoms with van der Waals surface area (Å²) in [5.41, 5.74) is 6.22. The minimum Gasteiger partial charge on any atom is -0.445 e. The van der Waals surface area contributed by atoms with Gasteiger partial charge in [0.05, 0.1) is 13.0 Å². The normalized spacial score (nSPS) is 11.0. The molecule has 0 spiro atoms. The van der Waals surface area contributed by atoms with Gasteiger partial charge in [0.2, 0.25) is 29.5 Å². The molecule has 0 radical (unpaired) electrons. The monoisotopic (exact) mass is 506 g/mol.